The summed E-state index contributed by atoms with van der Waals surface area (Å²) in [5.41, 5.74) is 1.34. The van der Waals surface area contributed by atoms with Crippen LogP contribution in [0.5, 0.6) is 0 Å². The van der Waals surface area contributed by atoms with E-state index in [2.05, 4.69) is 5.32 Å². The van der Waals surface area contributed by atoms with Crippen LogP contribution in [-0.4, -0.2) is 71.8 Å². The molecule has 0 aromatic heterocycles. The second-order valence-electron chi connectivity index (χ2n) is 8.21. The summed E-state index contributed by atoms with van der Waals surface area (Å²) in [6.07, 6.45) is 1.58. The predicted molar refractivity (Wildman–Crippen MR) is 124 cm³/mol. The smallest absolute Gasteiger partial charge is 0.321 e. The molecule has 2 aliphatic heterocycles. The minimum atomic E-state index is -0.204. The number of piperidine rings is 1. The van der Waals surface area contributed by atoms with Crippen LogP contribution >= 0.6 is 11.6 Å². The van der Waals surface area contributed by atoms with Crippen molar-refractivity contribution in [1.82, 2.24) is 14.7 Å². The third-order valence-corrected chi connectivity index (χ3v) is 6.30. The monoisotopic (exact) mass is 454 g/mol. The van der Waals surface area contributed by atoms with E-state index in [0.717, 1.165) is 18.5 Å². The number of hydrogen-bond donors (Lipinski definition) is 1. The molecule has 168 valence electrons. The normalized spacial score (nSPS) is 18.9. The highest BCUT2D eigenvalue weighted by Crippen LogP contribution is 2.22. The summed E-state index contributed by atoms with van der Waals surface area (Å²) in [6, 6.07) is 16.0. The lowest BCUT2D eigenvalue weighted by Gasteiger charge is -2.39. The first-order valence-electron chi connectivity index (χ1n) is 11.0. The molecule has 8 heteroatoms. The number of carbonyl (C=O) groups is 3. The number of hydrogen-bond acceptors (Lipinski definition) is 3. The molecule has 32 heavy (non-hydrogen) atoms. The second kappa shape index (κ2) is 10.0. The molecule has 0 spiro atoms. The van der Waals surface area contributed by atoms with Crippen molar-refractivity contribution in [3.8, 4) is 0 Å². The molecule has 1 atom stereocenters. The minimum Gasteiger partial charge on any atom is -0.339 e. The van der Waals surface area contributed by atoms with Gasteiger partial charge in [-0.1, -0.05) is 29.8 Å². The molecule has 0 unspecified atom stereocenters. The van der Waals surface area contributed by atoms with Crippen molar-refractivity contribution in [3.63, 3.8) is 0 Å². The largest absolute Gasteiger partial charge is 0.339 e. The Morgan fingerprint density at radius 2 is 1.47 bits per heavy atom. The van der Waals surface area contributed by atoms with Gasteiger partial charge in [-0.2, -0.15) is 0 Å². The summed E-state index contributed by atoms with van der Waals surface area (Å²) in [7, 11) is 0. The maximum absolute atomic E-state index is 13.1. The fourth-order valence-corrected chi connectivity index (χ4v) is 4.38. The van der Waals surface area contributed by atoms with Gasteiger partial charge in [0, 0.05) is 55.5 Å². The number of para-hydroxylation sites is 1. The number of nitrogens with zero attached hydrogens (tertiary/aromatic N) is 3. The minimum absolute atomic E-state index is 0.0680. The molecule has 2 aromatic rings. The van der Waals surface area contributed by atoms with E-state index in [1.807, 2.05) is 35.2 Å². The Morgan fingerprint density at radius 1 is 0.812 bits per heavy atom. The van der Waals surface area contributed by atoms with Gasteiger partial charge in [-0.05, 0) is 49.2 Å². The molecule has 0 saturated carbocycles. The number of amides is 4. The van der Waals surface area contributed by atoms with E-state index in [9.17, 15) is 14.4 Å². The highest BCUT2D eigenvalue weighted by Gasteiger charge is 2.33. The average molecular weight is 455 g/mol. The van der Waals surface area contributed by atoms with Crippen LogP contribution in [0.25, 0.3) is 0 Å². The summed E-state index contributed by atoms with van der Waals surface area (Å²) >= 11 is 5.92. The third-order valence-electron chi connectivity index (χ3n) is 6.05. The van der Waals surface area contributed by atoms with Gasteiger partial charge in [0.05, 0.1) is 5.92 Å². The van der Waals surface area contributed by atoms with Gasteiger partial charge >= 0.3 is 6.03 Å². The van der Waals surface area contributed by atoms with Gasteiger partial charge in [0.1, 0.15) is 0 Å². The summed E-state index contributed by atoms with van der Waals surface area (Å²) in [6.45, 7) is 3.06. The molecule has 0 bridgehead atoms. The Kier molecular flexibility index (Phi) is 6.95. The first-order valence-corrected chi connectivity index (χ1v) is 11.3. The maximum Gasteiger partial charge on any atom is 0.321 e. The van der Waals surface area contributed by atoms with Crippen molar-refractivity contribution < 1.29 is 14.4 Å². The number of nitrogens with one attached hydrogen (secondary N) is 1. The molecule has 2 saturated heterocycles. The number of rotatable bonds is 3. The molecule has 4 rings (SSSR count). The predicted octanol–water partition coefficient (Wildman–Crippen LogP) is 3.57. The molecule has 2 aromatic carbocycles. The van der Waals surface area contributed by atoms with Crippen LogP contribution in [0, 0.1) is 5.92 Å². The SMILES string of the molecule is O=C(Nc1ccccc1)N1CCN(C(=O)[C@@H]2CCCN(C(=O)c3ccc(Cl)cc3)C2)CC1. The van der Waals surface area contributed by atoms with Crippen molar-refractivity contribution in [3.05, 3.63) is 65.2 Å². The first kappa shape index (κ1) is 22.1. The average Bonchev–Trinajstić information content (AvgIpc) is 2.84. The zero-order chi connectivity index (χ0) is 22.5. The van der Waals surface area contributed by atoms with Crippen LogP contribution in [-0.2, 0) is 4.79 Å². The zero-order valence-electron chi connectivity index (χ0n) is 17.9. The Labute approximate surface area is 192 Å². The van der Waals surface area contributed by atoms with Crippen molar-refractivity contribution in [1.29, 1.82) is 0 Å². The molecular weight excluding hydrogens is 428 g/mol. The third kappa shape index (κ3) is 5.22. The van der Waals surface area contributed by atoms with Crippen LogP contribution in [0.1, 0.15) is 23.2 Å². The van der Waals surface area contributed by atoms with Crippen molar-refractivity contribution in [2.45, 2.75) is 12.8 Å². The van der Waals surface area contributed by atoms with Gasteiger partial charge in [0.2, 0.25) is 5.91 Å². The van der Waals surface area contributed by atoms with E-state index >= 15 is 0 Å². The fourth-order valence-electron chi connectivity index (χ4n) is 4.25. The van der Waals surface area contributed by atoms with E-state index in [0.29, 0.717) is 49.9 Å². The van der Waals surface area contributed by atoms with Crippen molar-refractivity contribution in [2.24, 2.45) is 5.92 Å². The Morgan fingerprint density at radius 3 is 2.16 bits per heavy atom. The Balaban J connectivity index is 1.29. The molecule has 2 heterocycles. The number of benzene rings is 2. The topological polar surface area (TPSA) is 73.0 Å². The van der Waals surface area contributed by atoms with Crippen LogP contribution in [0.4, 0.5) is 10.5 Å². The van der Waals surface area contributed by atoms with Gasteiger partial charge in [0.15, 0.2) is 0 Å². The van der Waals surface area contributed by atoms with E-state index in [4.69, 9.17) is 11.6 Å². The number of carbonyl (C=O) groups excluding carboxylic acids is 3. The molecule has 0 aliphatic carbocycles. The van der Waals surface area contributed by atoms with Gasteiger partial charge in [0.25, 0.3) is 5.91 Å². The molecular formula is C24H27ClN4O3. The van der Waals surface area contributed by atoms with Crippen molar-refractivity contribution in [2.75, 3.05) is 44.6 Å². The number of piperazine rings is 1. The lowest BCUT2D eigenvalue weighted by Crippen LogP contribution is -2.54. The number of urea groups is 1. The van der Waals surface area contributed by atoms with E-state index in [1.165, 1.54) is 0 Å². The summed E-state index contributed by atoms with van der Waals surface area (Å²) in [4.78, 5) is 43.7. The molecule has 1 N–H and O–H groups in total. The highest BCUT2D eigenvalue weighted by molar-refractivity contribution is 6.30. The molecule has 0 radical (unpaired) electrons. The van der Waals surface area contributed by atoms with Gasteiger partial charge in [-0.25, -0.2) is 4.79 Å². The van der Waals surface area contributed by atoms with Crippen molar-refractivity contribution >= 4 is 35.1 Å². The lowest BCUT2D eigenvalue weighted by atomic mass is 9.95. The molecule has 4 amide bonds. The highest BCUT2D eigenvalue weighted by atomic mass is 35.5. The molecule has 7 nitrogen and oxygen atoms in total. The van der Waals surface area contributed by atoms with Gasteiger partial charge in [-0.15, -0.1) is 0 Å². The molecule has 2 aliphatic rings. The summed E-state index contributed by atoms with van der Waals surface area (Å²) in [5, 5.41) is 3.48. The number of halogens is 1. The van der Waals surface area contributed by atoms with Crippen LogP contribution in [0.3, 0.4) is 0 Å². The van der Waals surface area contributed by atoms with E-state index < -0.39 is 0 Å². The van der Waals surface area contributed by atoms with Crippen LogP contribution < -0.4 is 5.32 Å². The summed E-state index contributed by atoms with van der Waals surface area (Å²) < 4.78 is 0. The lowest BCUT2D eigenvalue weighted by molar-refractivity contribution is -0.138. The summed E-state index contributed by atoms with van der Waals surface area (Å²) in [5.74, 6) is -0.201. The van der Waals surface area contributed by atoms with Gasteiger partial charge in [-0.3, -0.25) is 9.59 Å². The van der Waals surface area contributed by atoms with Crippen LogP contribution in [0.2, 0.25) is 5.02 Å². The second-order valence-corrected chi connectivity index (χ2v) is 8.64. The Bertz CT molecular complexity index is 959. The van der Waals surface area contributed by atoms with Crippen LogP contribution in [0.15, 0.2) is 54.6 Å². The number of likely N-dealkylation sites (tertiary alicyclic amines) is 1. The zero-order valence-corrected chi connectivity index (χ0v) is 18.6. The Hall–Kier alpha value is -3.06. The molecule has 2 fully saturated rings. The fraction of sp³-hybridized carbons (Fsp3) is 0.375. The quantitative estimate of drug-likeness (QED) is 0.770. The number of anilines is 1. The maximum atomic E-state index is 13.1. The van der Waals surface area contributed by atoms with E-state index in [1.54, 1.807) is 34.1 Å². The van der Waals surface area contributed by atoms with Gasteiger partial charge < -0.3 is 20.0 Å². The standard InChI is InChI=1S/C24H27ClN4O3/c25-20-10-8-18(9-11-20)22(30)29-12-4-5-19(17-29)23(31)27-13-15-28(16-14-27)24(32)26-21-6-2-1-3-7-21/h1-3,6-11,19H,4-5,12-17H2,(H,26,32)/t19-/m1/s1. The van der Waals surface area contributed by atoms with E-state index in [-0.39, 0.29) is 23.8 Å². The first-order chi connectivity index (χ1) is 15.5.